The molecular formula is C15H24Cl2N2. The molecule has 0 aliphatic carbocycles. The lowest BCUT2D eigenvalue weighted by Gasteiger charge is -2.41. The number of fused-ring (bicyclic) bond motifs is 1. The molecule has 1 unspecified atom stereocenters. The number of piperidine rings is 1. The highest BCUT2D eigenvalue weighted by atomic mass is 35.5. The van der Waals surface area contributed by atoms with E-state index in [1.807, 2.05) is 0 Å². The fourth-order valence-electron chi connectivity index (χ4n) is 3.50. The van der Waals surface area contributed by atoms with Gasteiger partial charge >= 0.3 is 0 Å². The molecule has 1 saturated heterocycles. The summed E-state index contributed by atoms with van der Waals surface area (Å²) < 4.78 is 0. The van der Waals surface area contributed by atoms with Crippen LogP contribution in [-0.4, -0.2) is 31.6 Å². The van der Waals surface area contributed by atoms with Crippen molar-refractivity contribution in [2.75, 3.05) is 26.7 Å². The lowest BCUT2D eigenvalue weighted by atomic mass is 9.81. The Morgan fingerprint density at radius 2 is 1.79 bits per heavy atom. The Morgan fingerprint density at radius 1 is 1.11 bits per heavy atom. The molecule has 2 aliphatic rings. The number of benzene rings is 1. The summed E-state index contributed by atoms with van der Waals surface area (Å²) in [4.78, 5) is 2.57. The molecule has 1 aromatic rings. The number of rotatable bonds is 1. The van der Waals surface area contributed by atoms with Crippen LogP contribution in [0.5, 0.6) is 0 Å². The first-order chi connectivity index (χ1) is 8.36. The minimum atomic E-state index is 0. The van der Waals surface area contributed by atoms with Gasteiger partial charge in [0, 0.05) is 12.6 Å². The predicted molar refractivity (Wildman–Crippen MR) is 85.6 cm³/mol. The number of hydrogen-bond acceptors (Lipinski definition) is 2. The van der Waals surface area contributed by atoms with Crippen LogP contribution in [0.15, 0.2) is 24.3 Å². The van der Waals surface area contributed by atoms with Gasteiger partial charge in [-0.3, -0.25) is 4.90 Å². The van der Waals surface area contributed by atoms with Crippen molar-refractivity contribution in [1.82, 2.24) is 10.2 Å². The third kappa shape index (κ3) is 3.43. The summed E-state index contributed by atoms with van der Waals surface area (Å²) in [5, 5.41) is 3.47. The van der Waals surface area contributed by atoms with Crippen molar-refractivity contribution in [1.29, 1.82) is 0 Å². The van der Waals surface area contributed by atoms with Crippen molar-refractivity contribution in [2.24, 2.45) is 5.92 Å². The van der Waals surface area contributed by atoms with E-state index in [-0.39, 0.29) is 24.8 Å². The summed E-state index contributed by atoms with van der Waals surface area (Å²) in [6.45, 7) is 3.60. The van der Waals surface area contributed by atoms with Gasteiger partial charge in [0.1, 0.15) is 0 Å². The van der Waals surface area contributed by atoms with E-state index in [1.165, 1.54) is 38.9 Å². The summed E-state index contributed by atoms with van der Waals surface area (Å²) in [5.41, 5.74) is 3.17. The van der Waals surface area contributed by atoms with Crippen LogP contribution in [0.4, 0.5) is 0 Å². The van der Waals surface area contributed by atoms with Gasteiger partial charge < -0.3 is 5.32 Å². The van der Waals surface area contributed by atoms with Crippen LogP contribution in [0.3, 0.4) is 0 Å². The Bertz CT molecular complexity index is 391. The first-order valence-electron chi connectivity index (χ1n) is 6.85. The molecule has 2 aliphatic heterocycles. The minimum Gasteiger partial charge on any atom is -0.317 e. The van der Waals surface area contributed by atoms with Crippen LogP contribution in [0, 0.1) is 5.92 Å². The van der Waals surface area contributed by atoms with Crippen molar-refractivity contribution >= 4 is 24.8 Å². The summed E-state index contributed by atoms with van der Waals surface area (Å²) >= 11 is 0. The van der Waals surface area contributed by atoms with Crippen LogP contribution in [-0.2, 0) is 6.42 Å². The number of hydrogen-bond donors (Lipinski definition) is 1. The maximum absolute atomic E-state index is 3.47. The summed E-state index contributed by atoms with van der Waals surface area (Å²) in [5.74, 6) is 0.836. The topological polar surface area (TPSA) is 15.3 Å². The number of halogens is 2. The Morgan fingerprint density at radius 3 is 2.53 bits per heavy atom. The maximum atomic E-state index is 3.47. The van der Waals surface area contributed by atoms with Gasteiger partial charge in [-0.1, -0.05) is 24.3 Å². The normalized spacial score (nSPS) is 23.9. The average molecular weight is 303 g/mol. The zero-order valence-electron chi connectivity index (χ0n) is 11.5. The van der Waals surface area contributed by atoms with Crippen LogP contribution >= 0.6 is 24.8 Å². The van der Waals surface area contributed by atoms with Crippen molar-refractivity contribution in [3.05, 3.63) is 35.4 Å². The molecule has 0 spiro atoms. The molecule has 3 rings (SSSR count). The minimum absolute atomic E-state index is 0. The molecule has 0 saturated carbocycles. The van der Waals surface area contributed by atoms with E-state index in [1.54, 1.807) is 11.1 Å². The van der Waals surface area contributed by atoms with Crippen LogP contribution in [0.25, 0.3) is 0 Å². The van der Waals surface area contributed by atoms with Gasteiger partial charge in [0.05, 0.1) is 0 Å². The van der Waals surface area contributed by atoms with Gasteiger partial charge in [0.25, 0.3) is 0 Å². The molecule has 4 heteroatoms. The number of likely N-dealkylation sites (N-methyl/N-ethyl adjacent to an activating group) is 1. The smallest absolute Gasteiger partial charge is 0.0377 e. The Kier molecular flexibility index (Phi) is 6.61. The first-order valence-corrected chi connectivity index (χ1v) is 6.85. The molecule has 19 heavy (non-hydrogen) atoms. The van der Waals surface area contributed by atoms with Gasteiger partial charge in [0.15, 0.2) is 0 Å². The summed E-state index contributed by atoms with van der Waals surface area (Å²) in [6.07, 6.45) is 3.86. The Balaban J connectivity index is 0.000000902. The predicted octanol–water partition coefficient (Wildman–Crippen LogP) is 3.06. The molecule has 108 valence electrons. The molecule has 0 amide bonds. The lowest BCUT2D eigenvalue weighted by Crippen LogP contribution is -2.40. The van der Waals surface area contributed by atoms with Crippen molar-refractivity contribution in [3.63, 3.8) is 0 Å². The largest absolute Gasteiger partial charge is 0.317 e. The first kappa shape index (κ1) is 16.8. The highest BCUT2D eigenvalue weighted by Gasteiger charge is 2.31. The third-order valence-electron chi connectivity index (χ3n) is 4.41. The van der Waals surface area contributed by atoms with E-state index >= 15 is 0 Å². The third-order valence-corrected chi connectivity index (χ3v) is 4.41. The van der Waals surface area contributed by atoms with Crippen LogP contribution in [0.2, 0.25) is 0 Å². The van der Waals surface area contributed by atoms with Crippen molar-refractivity contribution in [3.8, 4) is 0 Å². The quantitative estimate of drug-likeness (QED) is 0.858. The van der Waals surface area contributed by atoms with Crippen molar-refractivity contribution in [2.45, 2.75) is 25.3 Å². The van der Waals surface area contributed by atoms with E-state index in [2.05, 4.69) is 41.5 Å². The van der Waals surface area contributed by atoms with Crippen LogP contribution in [0.1, 0.15) is 30.0 Å². The van der Waals surface area contributed by atoms with Crippen LogP contribution < -0.4 is 5.32 Å². The molecule has 0 aromatic heterocycles. The second-order valence-corrected chi connectivity index (χ2v) is 5.46. The molecule has 1 aromatic carbocycles. The summed E-state index contributed by atoms with van der Waals surface area (Å²) in [6, 6.07) is 9.70. The second-order valence-electron chi connectivity index (χ2n) is 5.46. The highest BCUT2D eigenvalue weighted by Crippen LogP contribution is 2.37. The SMILES string of the molecule is CN1CCc2ccccc2C1C1CCNCC1.Cl.Cl. The molecule has 2 heterocycles. The number of nitrogens with zero attached hydrogens (tertiary/aromatic N) is 1. The fourth-order valence-corrected chi connectivity index (χ4v) is 3.50. The Labute approximate surface area is 128 Å². The average Bonchev–Trinajstić information content (AvgIpc) is 2.39. The van der Waals surface area contributed by atoms with Gasteiger partial charge in [-0.25, -0.2) is 0 Å². The number of nitrogens with one attached hydrogen (secondary N) is 1. The molecule has 0 bridgehead atoms. The molecule has 0 radical (unpaired) electrons. The molecule has 1 N–H and O–H groups in total. The van der Waals surface area contributed by atoms with Gasteiger partial charge in [0.2, 0.25) is 0 Å². The van der Waals surface area contributed by atoms with E-state index in [0.29, 0.717) is 6.04 Å². The fraction of sp³-hybridized carbons (Fsp3) is 0.600. The second kappa shape index (κ2) is 7.49. The van der Waals surface area contributed by atoms with Gasteiger partial charge in [-0.15, -0.1) is 24.8 Å². The van der Waals surface area contributed by atoms with E-state index in [9.17, 15) is 0 Å². The Hall–Kier alpha value is -0.280. The van der Waals surface area contributed by atoms with Gasteiger partial charge in [-0.05, 0) is 56.4 Å². The maximum Gasteiger partial charge on any atom is 0.0377 e. The standard InChI is InChI=1S/C15H22N2.2ClH/c1-17-11-8-12-4-2-3-5-14(12)15(17)13-6-9-16-10-7-13;;/h2-5,13,15-16H,6-11H2,1H3;2*1H. The van der Waals surface area contributed by atoms with Crippen molar-refractivity contribution < 1.29 is 0 Å². The summed E-state index contributed by atoms with van der Waals surface area (Å²) in [7, 11) is 2.29. The molecule has 2 nitrogen and oxygen atoms in total. The van der Waals surface area contributed by atoms with E-state index in [0.717, 1.165) is 5.92 Å². The van der Waals surface area contributed by atoms with Gasteiger partial charge in [-0.2, -0.15) is 0 Å². The highest BCUT2D eigenvalue weighted by molar-refractivity contribution is 5.85. The molecule has 1 fully saturated rings. The molecule has 1 atom stereocenters. The molecular weight excluding hydrogens is 279 g/mol. The van der Waals surface area contributed by atoms with E-state index < -0.39 is 0 Å². The lowest BCUT2D eigenvalue weighted by molar-refractivity contribution is 0.139. The monoisotopic (exact) mass is 302 g/mol. The zero-order chi connectivity index (χ0) is 11.7. The zero-order valence-corrected chi connectivity index (χ0v) is 13.1. The van der Waals surface area contributed by atoms with E-state index in [4.69, 9.17) is 0 Å².